The molecule has 1 amide bonds. The van der Waals surface area contributed by atoms with Crippen molar-refractivity contribution in [3.05, 3.63) is 35.7 Å². The van der Waals surface area contributed by atoms with Crippen LogP contribution in [0, 0.1) is 6.92 Å². The van der Waals surface area contributed by atoms with E-state index in [1.165, 1.54) is 0 Å². The van der Waals surface area contributed by atoms with Gasteiger partial charge in [0.15, 0.2) is 0 Å². The Kier molecular flexibility index (Phi) is 3.73. The zero-order chi connectivity index (χ0) is 13.0. The van der Waals surface area contributed by atoms with Gasteiger partial charge in [-0.1, -0.05) is 5.16 Å². The van der Waals surface area contributed by atoms with Crippen molar-refractivity contribution in [3.8, 4) is 0 Å². The number of nitrogens with two attached hydrogens (primary N) is 1. The summed E-state index contributed by atoms with van der Waals surface area (Å²) in [5.74, 6) is 0.470. The minimum absolute atomic E-state index is 0.244. The SMILES string of the molecule is Cc1cc(CNC(=O)c2cn(CCN)cn2)no1. The lowest BCUT2D eigenvalue weighted by Gasteiger charge is -1.99. The number of nitrogens with one attached hydrogen (secondary N) is 1. The molecular weight excluding hydrogens is 234 g/mol. The number of carbonyl (C=O) groups excluding carboxylic acids is 1. The van der Waals surface area contributed by atoms with Gasteiger partial charge < -0.3 is 20.1 Å². The van der Waals surface area contributed by atoms with Crippen molar-refractivity contribution >= 4 is 5.91 Å². The molecule has 0 spiro atoms. The molecule has 0 aliphatic rings. The van der Waals surface area contributed by atoms with E-state index in [-0.39, 0.29) is 5.91 Å². The Morgan fingerprint density at radius 1 is 1.61 bits per heavy atom. The van der Waals surface area contributed by atoms with Crippen molar-refractivity contribution in [1.29, 1.82) is 0 Å². The van der Waals surface area contributed by atoms with Crippen LogP contribution in [-0.4, -0.2) is 27.2 Å². The van der Waals surface area contributed by atoms with Crippen LogP contribution in [0.4, 0.5) is 0 Å². The van der Waals surface area contributed by atoms with E-state index >= 15 is 0 Å². The fourth-order valence-electron chi connectivity index (χ4n) is 1.51. The molecule has 0 bridgehead atoms. The largest absolute Gasteiger partial charge is 0.361 e. The van der Waals surface area contributed by atoms with E-state index in [1.54, 1.807) is 30.1 Å². The van der Waals surface area contributed by atoms with E-state index in [0.29, 0.717) is 36.8 Å². The number of hydrogen-bond donors (Lipinski definition) is 2. The van der Waals surface area contributed by atoms with Crippen molar-refractivity contribution in [2.75, 3.05) is 6.54 Å². The van der Waals surface area contributed by atoms with E-state index in [9.17, 15) is 4.79 Å². The minimum atomic E-state index is -0.244. The Bertz CT molecular complexity index is 531. The molecule has 0 aromatic carbocycles. The second kappa shape index (κ2) is 5.46. The molecule has 7 nitrogen and oxygen atoms in total. The maximum atomic E-state index is 11.8. The zero-order valence-corrected chi connectivity index (χ0v) is 10.1. The monoisotopic (exact) mass is 249 g/mol. The quantitative estimate of drug-likeness (QED) is 0.781. The molecule has 7 heteroatoms. The normalized spacial score (nSPS) is 10.6. The number of imidazole rings is 1. The third-order valence-corrected chi connectivity index (χ3v) is 2.36. The van der Waals surface area contributed by atoms with Crippen LogP contribution in [-0.2, 0) is 13.1 Å². The third kappa shape index (κ3) is 2.95. The average Bonchev–Trinajstić information content (AvgIpc) is 2.96. The van der Waals surface area contributed by atoms with Crippen molar-refractivity contribution in [2.45, 2.75) is 20.0 Å². The molecule has 2 rings (SSSR count). The molecule has 0 fully saturated rings. The van der Waals surface area contributed by atoms with E-state index in [4.69, 9.17) is 10.3 Å². The Hall–Kier alpha value is -2.15. The molecule has 0 unspecified atom stereocenters. The highest BCUT2D eigenvalue weighted by Crippen LogP contribution is 2.02. The number of aromatic nitrogens is 3. The number of carbonyl (C=O) groups is 1. The van der Waals surface area contributed by atoms with Gasteiger partial charge in [0.1, 0.15) is 17.1 Å². The summed E-state index contributed by atoms with van der Waals surface area (Å²) in [6, 6.07) is 1.77. The molecule has 0 aliphatic heterocycles. The first-order valence-electron chi connectivity index (χ1n) is 5.61. The van der Waals surface area contributed by atoms with Crippen molar-refractivity contribution in [2.24, 2.45) is 5.73 Å². The van der Waals surface area contributed by atoms with Crippen molar-refractivity contribution in [1.82, 2.24) is 20.0 Å². The first-order valence-corrected chi connectivity index (χ1v) is 5.61. The number of amides is 1. The van der Waals surface area contributed by atoms with Gasteiger partial charge in [-0.05, 0) is 6.92 Å². The zero-order valence-electron chi connectivity index (χ0n) is 10.1. The molecule has 18 heavy (non-hydrogen) atoms. The molecular formula is C11H15N5O2. The summed E-state index contributed by atoms with van der Waals surface area (Å²) in [6.45, 7) is 3.27. The maximum Gasteiger partial charge on any atom is 0.271 e. The standard InChI is InChI=1S/C11H15N5O2/c1-8-4-9(15-18-8)5-13-11(17)10-6-16(3-2-12)7-14-10/h4,6-7H,2-3,5,12H2,1H3,(H,13,17). The van der Waals surface area contributed by atoms with Gasteiger partial charge in [-0.25, -0.2) is 4.98 Å². The third-order valence-electron chi connectivity index (χ3n) is 2.36. The highest BCUT2D eigenvalue weighted by atomic mass is 16.5. The van der Waals surface area contributed by atoms with Gasteiger partial charge in [0, 0.05) is 25.4 Å². The van der Waals surface area contributed by atoms with Gasteiger partial charge in [-0.2, -0.15) is 0 Å². The first kappa shape index (κ1) is 12.3. The molecule has 0 atom stereocenters. The topological polar surface area (TPSA) is 99.0 Å². The molecule has 96 valence electrons. The molecule has 0 saturated heterocycles. The fraction of sp³-hybridized carbons (Fsp3) is 0.364. The first-order chi connectivity index (χ1) is 8.69. The van der Waals surface area contributed by atoms with Gasteiger partial charge in [0.25, 0.3) is 5.91 Å². The summed E-state index contributed by atoms with van der Waals surface area (Å²) < 4.78 is 6.68. The lowest BCUT2D eigenvalue weighted by atomic mass is 10.3. The lowest BCUT2D eigenvalue weighted by molar-refractivity contribution is 0.0945. The Balaban J connectivity index is 1.90. The van der Waals surface area contributed by atoms with Gasteiger partial charge >= 0.3 is 0 Å². The summed E-state index contributed by atoms with van der Waals surface area (Å²) in [5.41, 5.74) is 6.46. The fourth-order valence-corrected chi connectivity index (χ4v) is 1.51. The number of hydrogen-bond acceptors (Lipinski definition) is 5. The molecule has 2 aromatic rings. The predicted octanol–water partition coefficient (Wildman–Crippen LogP) is 0.0682. The van der Waals surface area contributed by atoms with E-state index in [1.807, 2.05) is 0 Å². The van der Waals surface area contributed by atoms with Crippen LogP contribution < -0.4 is 11.1 Å². The summed E-state index contributed by atoms with van der Waals surface area (Å²) in [6.07, 6.45) is 3.25. The number of nitrogens with zero attached hydrogens (tertiary/aromatic N) is 3. The smallest absolute Gasteiger partial charge is 0.271 e. The summed E-state index contributed by atoms with van der Waals surface area (Å²) in [5, 5.41) is 6.50. The highest BCUT2D eigenvalue weighted by Gasteiger charge is 2.09. The molecule has 0 saturated carbocycles. The van der Waals surface area contributed by atoms with E-state index < -0.39 is 0 Å². The van der Waals surface area contributed by atoms with Gasteiger partial charge in [0.2, 0.25) is 0 Å². The van der Waals surface area contributed by atoms with Crippen LogP contribution >= 0.6 is 0 Å². The van der Waals surface area contributed by atoms with Crippen LogP contribution in [0.3, 0.4) is 0 Å². The van der Waals surface area contributed by atoms with Crippen LogP contribution in [0.25, 0.3) is 0 Å². The molecule has 2 heterocycles. The van der Waals surface area contributed by atoms with Gasteiger partial charge in [0.05, 0.1) is 12.9 Å². The number of rotatable bonds is 5. The summed E-state index contributed by atoms with van der Waals surface area (Å²) >= 11 is 0. The summed E-state index contributed by atoms with van der Waals surface area (Å²) in [4.78, 5) is 15.8. The summed E-state index contributed by atoms with van der Waals surface area (Å²) in [7, 11) is 0. The van der Waals surface area contributed by atoms with Crippen LogP contribution in [0.1, 0.15) is 21.9 Å². The average molecular weight is 249 g/mol. The van der Waals surface area contributed by atoms with Gasteiger partial charge in [-0.3, -0.25) is 4.79 Å². The van der Waals surface area contributed by atoms with E-state index in [0.717, 1.165) is 0 Å². The van der Waals surface area contributed by atoms with Gasteiger partial charge in [-0.15, -0.1) is 0 Å². The van der Waals surface area contributed by atoms with E-state index in [2.05, 4.69) is 15.5 Å². The molecule has 2 aromatic heterocycles. The minimum Gasteiger partial charge on any atom is -0.361 e. The second-order valence-electron chi connectivity index (χ2n) is 3.90. The second-order valence-corrected chi connectivity index (χ2v) is 3.90. The maximum absolute atomic E-state index is 11.8. The molecule has 0 radical (unpaired) electrons. The predicted molar refractivity (Wildman–Crippen MR) is 63.7 cm³/mol. The molecule has 3 N–H and O–H groups in total. The Morgan fingerprint density at radius 3 is 3.11 bits per heavy atom. The lowest BCUT2D eigenvalue weighted by Crippen LogP contribution is -2.23. The van der Waals surface area contributed by atoms with Crippen LogP contribution in [0.15, 0.2) is 23.1 Å². The van der Waals surface area contributed by atoms with Crippen molar-refractivity contribution in [3.63, 3.8) is 0 Å². The van der Waals surface area contributed by atoms with Crippen LogP contribution in [0.2, 0.25) is 0 Å². The molecule has 0 aliphatic carbocycles. The number of aryl methyl sites for hydroxylation is 1. The Morgan fingerprint density at radius 2 is 2.44 bits per heavy atom. The Labute approximate surface area is 104 Å². The van der Waals surface area contributed by atoms with Crippen LogP contribution in [0.5, 0.6) is 0 Å². The van der Waals surface area contributed by atoms with Crippen molar-refractivity contribution < 1.29 is 9.32 Å². The highest BCUT2D eigenvalue weighted by molar-refractivity contribution is 5.91.